The van der Waals surface area contributed by atoms with Crippen LogP contribution in [0.15, 0.2) is 22.7 Å². The number of halogens is 1. The maximum atomic E-state index is 12.3. The second-order valence-corrected chi connectivity index (χ2v) is 7.94. The Morgan fingerprint density at radius 2 is 2.10 bits per heavy atom. The lowest BCUT2D eigenvalue weighted by molar-refractivity contribution is 0.0916. The molecule has 0 amide bonds. The third-order valence-electron chi connectivity index (χ3n) is 3.63. The highest BCUT2D eigenvalue weighted by Gasteiger charge is 2.33. The maximum Gasteiger partial charge on any atom is 0.175 e. The first-order valence-corrected chi connectivity index (χ1v) is 8.37. The Morgan fingerprint density at radius 1 is 1.33 bits per heavy atom. The molecule has 5 heteroatoms. The molecule has 1 aliphatic carbocycles. The number of carbonyl (C=O) groups excluding carboxylic acids is 1. The van der Waals surface area contributed by atoms with Crippen molar-refractivity contribution in [3.8, 4) is 16.3 Å². The van der Waals surface area contributed by atoms with Crippen LogP contribution in [0.3, 0.4) is 0 Å². The number of hydrogen-bond donors (Lipinski definition) is 0. The predicted octanol–water partition coefficient (Wildman–Crippen LogP) is 4.74. The number of aromatic nitrogens is 1. The molecule has 0 aliphatic heterocycles. The number of Topliss-reactive ketones (excluding diaryl/α,β-unsaturated/α-hetero) is 1. The van der Waals surface area contributed by atoms with Gasteiger partial charge in [-0.1, -0.05) is 13.8 Å². The highest BCUT2D eigenvalue weighted by atomic mass is 79.9. The van der Waals surface area contributed by atoms with Gasteiger partial charge < -0.3 is 4.74 Å². The zero-order valence-electron chi connectivity index (χ0n) is 12.2. The van der Waals surface area contributed by atoms with Gasteiger partial charge in [-0.2, -0.15) is 0 Å². The van der Waals surface area contributed by atoms with Gasteiger partial charge in [0.15, 0.2) is 5.78 Å². The summed E-state index contributed by atoms with van der Waals surface area (Å²) in [5.74, 6) is 1.01. The van der Waals surface area contributed by atoms with E-state index in [2.05, 4.69) is 29.8 Å². The summed E-state index contributed by atoms with van der Waals surface area (Å²) in [6.45, 7) is 4.24. The molecule has 0 atom stereocenters. The largest absolute Gasteiger partial charge is 0.496 e. The molecular formula is C16H16BrNO2S. The summed E-state index contributed by atoms with van der Waals surface area (Å²) < 4.78 is 6.13. The van der Waals surface area contributed by atoms with Crippen LogP contribution in [0.5, 0.6) is 5.75 Å². The number of hydrogen-bond acceptors (Lipinski definition) is 4. The number of ketones is 1. The molecule has 21 heavy (non-hydrogen) atoms. The average molecular weight is 366 g/mol. The van der Waals surface area contributed by atoms with Crippen LogP contribution < -0.4 is 4.74 Å². The fourth-order valence-electron chi connectivity index (χ4n) is 2.64. The van der Waals surface area contributed by atoms with Crippen molar-refractivity contribution in [1.29, 1.82) is 0 Å². The van der Waals surface area contributed by atoms with Gasteiger partial charge in [0.1, 0.15) is 10.8 Å². The van der Waals surface area contributed by atoms with Gasteiger partial charge >= 0.3 is 0 Å². The Labute approximate surface area is 136 Å². The molecule has 0 N–H and O–H groups in total. The highest BCUT2D eigenvalue weighted by molar-refractivity contribution is 9.10. The summed E-state index contributed by atoms with van der Waals surface area (Å²) in [6, 6.07) is 5.87. The van der Waals surface area contributed by atoms with E-state index in [-0.39, 0.29) is 11.2 Å². The molecule has 0 bridgehead atoms. The zero-order valence-corrected chi connectivity index (χ0v) is 14.6. The number of ether oxygens (including phenoxy) is 1. The SMILES string of the molecule is COc1ccc(-c2nc3c(s2)C(=O)CC(C)(C)C3)cc1Br. The average Bonchev–Trinajstić information content (AvgIpc) is 2.81. The molecule has 0 saturated carbocycles. The number of rotatable bonds is 2. The Hall–Kier alpha value is -1.20. The second-order valence-electron chi connectivity index (χ2n) is 6.09. The minimum atomic E-state index is 0.00984. The van der Waals surface area contributed by atoms with E-state index in [0.717, 1.165) is 37.8 Å². The predicted molar refractivity (Wildman–Crippen MR) is 88.2 cm³/mol. The van der Waals surface area contributed by atoms with Crippen LogP contribution in [0.25, 0.3) is 10.6 Å². The van der Waals surface area contributed by atoms with Crippen LogP contribution in [-0.4, -0.2) is 17.9 Å². The van der Waals surface area contributed by atoms with Crippen molar-refractivity contribution >= 4 is 33.0 Å². The highest BCUT2D eigenvalue weighted by Crippen LogP contribution is 2.40. The fraction of sp³-hybridized carbons (Fsp3) is 0.375. The topological polar surface area (TPSA) is 39.2 Å². The van der Waals surface area contributed by atoms with E-state index >= 15 is 0 Å². The van der Waals surface area contributed by atoms with Gasteiger partial charge in [-0.3, -0.25) is 4.79 Å². The minimum absolute atomic E-state index is 0.00984. The monoisotopic (exact) mass is 365 g/mol. The molecule has 3 rings (SSSR count). The van der Waals surface area contributed by atoms with E-state index in [4.69, 9.17) is 9.72 Å². The molecule has 1 aromatic carbocycles. The first-order valence-electron chi connectivity index (χ1n) is 6.76. The molecule has 0 radical (unpaired) electrons. The number of fused-ring (bicyclic) bond motifs is 1. The lowest BCUT2D eigenvalue weighted by Gasteiger charge is -2.26. The van der Waals surface area contributed by atoms with Gasteiger partial charge in [0.25, 0.3) is 0 Å². The number of methoxy groups -OCH3 is 1. The van der Waals surface area contributed by atoms with Crippen molar-refractivity contribution in [2.75, 3.05) is 7.11 Å². The molecule has 0 unspecified atom stereocenters. The standard InChI is InChI=1S/C16H16BrNO2S/c1-16(2)7-11-14(12(19)8-16)21-15(18-11)9-4-5-13(20-3)10(17)6-9/h4-6H,7-8H2,1-3H3. The van der Waals surface area contributed by atoms with E-state index in [0.29, 0.717) is 6.42 Å². The summed E-state index contributed by atoms with van der Waals surface area (Å²) in [5.41, 5.74) is 1.96. The third-order valence-corrected chi connectivity index (χ3v) is 5.44. The maximum absolute atomic E-state index is 12.3. The number of benzene rings is 1. The van der Waals surface area contributed by atoms with E-state index in [1.54, 1.807) is 7.11 Å². The lowest BCUT2D eigenvalue weighted by atomic mass is 9.78. The molecule has 1 aromatic heterocycles. The molecule has 0 spiro atoms. The molecule has 1 heterocycles. The van der Waals surface area contributed by atoms with Crippen molar-refractivity contribution in [3.05, 3.63) is 33.2 Å². The van der Waals surface area contributed by atoms with Crippen molar-refractivity contribution in [3.63, 3.8) is 0 Å². The van der Waals surface area contributed by atoms with Crippen molar-refractivity contribution < 1.29 is 9.53 Å². The van der Waals surface area contributed by atoms with Crippen molar-refractivity contribution in [1.82, 2.24) is 4.98 Å². The first-order chi connectivity index (χ1) is 9.89. The zero-order chi connectivity index (χ0) is 15.2. The number of thiazole rings is 1. The van der Waals surface area contributed by atoms with Crippen LogP contribution >= 0.6 is 27.3 Å². The minimum Gasteiger partial charge on any atom is -0.496 e. The third kappa shape index (κ3) is 2.77. The van der Waals surface area contributed by atoms with Crippen LogP contribution in [0, 0.1) is 5.41 Å². The van der Waals surface area contributed by atoms with Crippen molar-refractivity contribution in [2.24, 2.45) is 5.41 Å². The van der Waals surface area contributed by atoms with Crippen LogP contribution in [-0.2, 0) is 6.42 Å². The molecule has 2 aromatic rings. The molecular weight excluding hydrogens is 350 g/mol. The van der Waals surface area contributed by atoms with Gasteiger partial charge in [-0.05, 0) is 46.0 Å². The Bertz CT molecular complexity index is 721. The lowest BCUT2D eigenvalue weighted by Crippen LogP contribution is -2.25. The van der Waals surface area contributed by atoms with E-state index < -0.39 is 0 Å². The summed E-state index contributed by atoms with van der Waals surface area (Å²) >= 11 is 4.99. The van der Waals surface area contributed by atoms with Gasteiger partial charge in [0.05, 0.1) is 22.2 Å². The quantitative estimate of drug-likeness (QED) is 0.771. The first kappa shape index (κ1) is 14.7. The summed E-state index contributed by atoms with van der Waals surface area (Å²) in [6.07, 6.45) is 1.47. The van der Waals surface area contributed by atoms with E-state index in [9.17, 15) is 4.79 Å². The number of carbonyl (C=O) groups is 1. The summed E-state index contributed by atoms with van der Waals surface area (Å²) in [7, 11) is 1.64. The van der Waals surface area contributed by atoms with Gasteiger partial charge in [-0.15, -0.1) is 11.3 Å². The van der Waals surface area contributed by atoms with Gasteiger partial charge in [-0.25, -0.2) is 4.98 Å². The second kappa shape index (κ2) is 5.21. The molecule has 1 aliphatic rings. The molecule has 110 valence electrons. The van der Waals surface area contributed by atoms with E-state index in [1.165, 1.54) is 11.3 Å². The van der Waals surface area contributed by atoms with E-state index in [1.807, 2.05) is 18.2 Å². The van der Waals surface area contributed by atoms with Crippen LogP contribution in [0.4, 0.5) is 0 Å². The number of nitrogens with zero attached hydrogens (tertiary/aromatic N) is 1. The Kier molecular flexibility index (Phi) is 3.66. The normalized spacial score (nSPS) is 16.7. The summed E-state index contributed by atoms with van der Waals surface area (Å²) in [4.78, 5) is 17.8. The van der Waals surface area contributed by atoms with Gasteiger partial charge in [0, 0.05) is 12.0 Å². The van der Waals surface area contributed by atoms with Crippen molar-refractivity contribution in [2.45, 2.75) is 26.7 Å². The Morgan fingerprint density at radius 3 is 2.76 bits per heavy atom. The van der Waals surface area contributed by atoms with Gasteiger partial charge in [0.2, 0.25) is 0 Å². The van der Waals surface area contributed by atoms with Crippen LogP contribution in [0.2, 0.25) is 0 Å². The molecule has 3 nitrogen and oxygen atoms in total. The molecule has 0 fully saturated rings. The van der Waals surface area contributed by atoms with Crippen LogP contribution in [0.1, 0.15) is 35.6 Å². The Balaban J connectivity index is 2.02. The molecule has 0 saturated heterocycles. The fourth-order valence-corrected chi connectivity index (χ4v) is 4.20. The summed E-state index contributed by atoms with van der Waals surface area (Å²) in [5, 5.41) is 0.898. The smallest absolute Gasteiger partial charge is 0.175 e.